The summed E-state index contributed by atoms with van der Waals surface area (Å²) in [5, 5.41) is 0. The minimum absolute atomic E-state index is 0.576. The van der Waals surface area contributed by atoms with Crippen LogP contribution in [0.2, 0.25) is 0 Å². The summed E-state index contributed by atoms with van der Waals surface area (Å²) in [6.07, 6.45) is 5.22. The number of hydrogen-bond acceptors (Lipinski definition) is 2. The zero-order valence-corrected chi connectivity index (χ0v) is 8.20. The lowest BCUT2D eigenvalue weighted by Crippen LogP contribution is -1.90. The van der Waals surface area contributed by atoms with E-state index in [4.69, 9.17) is 5.73 Å². The Morgan fingerprint density at radius 2 is 2.23 bits per heavy atom. The van der Waals surface area contributed by atoms with Gasteiger partial charge in [0.15, 0.2) is 0 Å². The van der Waals surface area contributed by atoms with Gasteiger partial charge >= 0.3 is 0 Å². The molecule has 2 heteroatoms. The smallest absolute Gasteiger partial charge is 0.124 e. The summed E-state index contributed by atoms with van der Waals surface area (Å²) in [5.41, 5.74) is 6.48. The van der Waals surface area contributed by atoms with E-state index in [0.29, 0.717) is 11.7 Å². The average molecular weight is 176 g/mol. The fourth-order valence-corrected chi connectivity index (χ4v) is 1.02. The topological polar surface area (TPSA) is 38.9 Å². The quantitative estimate of drug-likeness (QED) is 0.769. The van der Waals surface area contributed by atoms with Crippen LogP contribution < -0.4 is 5.73 Å². The molecule has 0 atom stereocenters. The number of nitrogens with zero attached hydrogens (tertiary/aromatic N) is 1. The van der Waals surface area contributed by atoms with Crippen molar-refractivity contribution in [2.45, 2.75) is 20.3 Å². The van der Waals surface area contributed by atoms with Crippen molar-refractivity contribution in [1.82, 2.24) is 4.98 Å². The first-order valence-electron chi connectivity index (χ1n) is 4.57. The maximum absolute atomic E-state index is 5.55. The molecule has 2 N–H and O–H groups in total. The average Bonchev–Trinajstić information content (AvgIpc) is 2.03. The van der Waals surface area contributed by atoms with Crippen molar-refractivity contribution in [2.24, 2.45) is 5.92 Å². The Hall–Kier alpha value is -1.31. The van der Waals surface area contributed by atoms with Crippen LogP contribution in [0.3, 0.4) is 0 Å². The van der Waals surface area contributed by atoms with Gasteiger partial charge in [0.2, 0.25) is 0 Å². The van der Waals surface area contributed by atoms with Gasteiger partial charge in [-0.3, -0.25) is 0 Å². The first-order valence-corrected chi connectivity index (χ1v) is 4.57. The zero-order valence-electron chi connectivity index (χ0n) is 8.20. The molecule has 0 aliphatic rings. The van der Waals surface area contributed by atoms with Crippen LogP contribution in [-0.2, 0) is 0 Å². The molecule has 0 saturated heterocycles. The lowest BCUT2D eigenvalue weighted by Gasteiger charge is -1.97. The summed E-state index contributed by atoms with van der Waals surface area (Å²) in [5.74, 6) is 1.27. The standard InChI is InChI=1S/C11H16N2/c1-9(2)5-3-6-10-7-4-8-11(12)13-10/h3-4,6-9H,5H2,1-2H3,(H2,12,13)/b6-3+. The van der Waals surface area contributed by atoms with Gasteiger partial charge < -0.3 is 5.73 Å². The second-order valence-corrected chi connectivity index (χ2v) is 3.52. The molecule has 13 heavy (non-hydrogen) atoms. The van der Waals surface area contributed by atoms with E-state index >= 15 is 0 Å². The third-order valence-corrected chi connectivity index (χ3v) is 1.69. The highest BCUT2D eigenvalue weighted by atomic mass is 14.8. The second kappa shape index (κ2) is 4.65. The van der Waals surface area contributed by atoms with Crippen molar-refractivity contribution in [1.29, 1.82) is 0 Å². The molecular weight excluding hydrogens is 160 g/mol. The van der Waals surface area contributed by atoms with Crippen LogP contribution in [0.1, 0.15) is 26.0 Å². The Labute approximate surface area is 79.5 Å². The Morgan fingerprint density at radius 1 is 1.46 bits per heavy atom. The maximum atomic E-state index is 5.55. The van der Waals surface area contributed by atoms with E-state index in [-0.39, 0.29) is 0 Å². The van der Waals surface area contributed by atoms with Crippen molar-refractivity contribution in [2.75, 3.05) is 5.73 Å². The molecule has 0 radical (unpaired) electrons. The predicted molar refractivity (Wildman–Crippen MR) is 57.1 cm³/mol. The van der Waals surface area contributed by atoms with Crippen LogP contribution in [-0.4, -0.2) is 4.98 Å². The van der Waals surface area contributed by atoms with Crippen molar-refractivity contribution in [3.8, 4) is 0 Å². The van der Waals surface area contributed by atoms with Crippen LogP contribution in [0.5, 0.6) is 0 Å². The summed E-state index contributed by atoms with van der Waals surface area (Å²) < 4.78 is 0. The molecule has 2 nitrogen and oxygen atoms in total. The van der Waals surface area contributed by atoms with Crippen LogP contribution in [0.4, 0.5) is 5.82 Å². The van der Waals surface area contributed by atoms with Crippen LogP contribution in [0, 0.1) is 5.92 Å². The van der Waals surface area contributed by atoms with E-state index in [9.17, 15) is 0 Å². The first-order chi connectivity index (χ1) is 6.18. The van der Waals surface area contributed by atoms with E-state index in [0.717, 1.165) is 12.1 Å². The third-order valence-electron chi connectivity index (χ3n) is 1.69. The number of hydrogen-bond donors (Lipinski definition) is 1. The monoisotopic (exact) mass is 176 g/mol. The summed E-state index contributed by atoms with van der Waals surface area (Å²) in [6, 6.07) is 5.66. The van der Waals surface area contributed by atoms with Gasteiger partial charge in [-0.25, -0.2) is 4.98 Å². The number of allylic oxidation sites excluding steroid dienone is 1. The highest BCUT2D eigenvalue weighted by Crippen LogP contribution is 2.05. The van der Waals surface area contributed by atoms with Crippen LogP contribution in [0.15, 0.2) is 24.3 Å². The summed E-state index contributed by atoms with van der Waals surface area (Å²) in [7, 11) is 0. The number of rotatable bonds is 3. The molecule has 0 aliphatic heterocycles. The normalized spacial score (nSPS) is 11.3. The summed E-state index contributed by atoms with van der Waals surface area (Å²) in [6.45, 7) is 4.38. The van der Waals surface area contributed by atoms with Crippen molar-refractivity contribution in [3.63, 3.8) is 0 Å². The Balaban J connectivity index is 2.58. The highest BCUT2D eigenvalue weighted by molar-refractivity contribution is 5.47. The largest absolute Gasteiger partial charge is 0.384 e. The number of pyridine rings is 1. The van der Waals surface area contributed by atoms with Gasteiger partial charge in [0.1, 0.15) is 5.82 Å². The minimum atomic E-state index is 0.576. The highest BCUT2D eigenvalue weighted by Gasteiger charge is 1.90. The molecule has 70 valence electrons. The minimum Gasteiger partial charge on any atom is -0.384 e. The van der Waals surface area contributed by atoms with Gasteiger partial charge in [-0.1, -0.05) is 26.0 Å². The van der Waals surface area contributed by atoms with Gasteiger partial charge in [-0.05, 0) is 30.5 Å². The molecule has 0 bridgehead atoms. The molecule has 0 fully saturated rings. The molecule has 0 aromatic carbocycles. The van der Waals surface area contributed by atoms with Crippen LogP contribution >= 0.6 is 0 Å². The van der Waals surface area contributed by atoms with Gasteiger partial charge in [-0.2, -0.15) is 0 Å². The number of anilines is 1. The van der Waals surface area contributed by atoms with Gasteiger partial charge in [0.05, 0.1) is 5.69 Å². The number of nitrogen functional groups attached to an aromatic ring is 1. The van der Waals surface area contributed by atoms with Gasteiger partial charge in [0.25, 0.3) is 0 Å². The summed E-state index contributed by atoms with van der Waals surface area (Å²) >= 11 is 0. The lowest BCUT2D eigenvalue weighted by atomic mass is 10.1. The fraction of sp³-hybridized carbons (Fsp3) is 0.364. The van der Waals surface area contributed by atoms with E-state index in [1.165, 1.54) is 0 Å². The maximum Gasteiger partial charge on any atom is 0.124 e. The summed E-state index contributed by atoms with van der Waals surface area (Å²) in [4.78, 5) is 4.16. The molecule has 1 aromatic rings. The molecule has 1 aromatic heterocycles. The number of aromatic nitrogens is 1. The molecule has 0 unspecified atom stereocenters. The zero-order chi connectivity index (χ0) is 9.68. The van der Waals surface area contributed by atoms with Crippen molar-refractivity contribution >= 4 is 11.9 Å². The molecule has 0 amide bonds. The molecule has 0 spiro atoms. The molecule has 0 aliphatic carbocycles. The number of nitrogens with two attached hydrogens (primary N) is 1. The van der Waals surface area contributed by atoms with Gasteiger partial charge in [-0.15, -0.1) is 0 Å². The lowest BCUT2D eigenvalue weighted by molar-refractivity contribution is 0.665. The molecule has 1 heterocycles. The predicted octanol–water partition coefficient (Wildman–Crippen LogP) is 2.72. The van der Waals surface area contributed by atoms with Crippen LogP contribution in [0.25, 0.3) is 6.08 Å². The van der Waals surface area contributed by atoms with E-state index in [1.54, 1.807) is 6.07 Å². The fourth-order valence-electron chi connectivity index (χ4n) is 1.02. The van der Waals surface area contributed by atoms with E-state index in [1.807, 2.05) is 18.2 Å². The van der Waals surface area contributed by atoms with Gasteiger partial charge in [0, 0.05) is 0 Å². The Morgan fingerprint density at radius 3 is 2.85 bits per heavy atom. The first kappa shape index (κ1) is 9.78. The van der Waals surface area contributed by atoms with Crippen molar-refractivity contribution in [3.05, 3.63) is 30.0 Å². The van der Waals surface area contributed by atoms with Crippen molar-refractivity contribution < 1.29 is 0 Å². The Kier molecular flexibility index (Phi) is 3.50. The second-order valence-electron chi connectivity index (χ2n) is 3.52. The molecular formula is C11H16N2. The molecule has 0 saturated carbocycles. The SMILES string of the molecule is CC(C)C/C=C/c1cccc(N)n1. The van der Waals surface area contributed by atoms with E-state index in [2.05, 4.69) is 24.9 Å². The Bertz CT molecular complexity index is 290. The third kappa shape index (κ3) is 3.74. The van der Waals surface area contributed by atoms with E-state index < -0.39 is 0 Å². The molecule has 1 rings (SSSR count).